The van der Waals surface area contributed by atoms with Gasteiger partial charge in [-0.05, 0) is 30.8 Å². The zero-order chi connectivity index (χ0) is 17.9. The van der Waals surface area contributed by atoms with Gasteiger partial charge in [0.1, 0.15) is 5.82 Å². The summed E-state index contributed by atoms with van der Waals surface area (Å²) in [7, 11) is -2.73. The van der Waals surface area contributed by atoms with Crippen LogP contribution in [-0.4, -0.2) is 31.6 Å². The summed E-state index contributed by atoms with van der Waals surface area (Å²) in [5.74, 6) is -2.68. The normalized spacial score (nSPS) is 11.2. The molecule has 0 saturated heterocycles. The summed E-state index contributed by atoms with van der Waals surface area (Å²) in [6.07, 6.45) is 0. The zero-order valence-electron chi connectivity index (χ0n) is 12.6. The van der Waals surface area contributed by atoms with E-state index >= 15 is 0 Å². The highest BCUT2D eigenvalue weighted by Crippen LogP contribution is 2.32. The van der Waals surface area contributed by atoms with Crippen molar-refractivity contribution < 1.29 is 27.8 Å². The zero-order valence-corrected chi connectivity index (χ0v) is 13.4. The number of phenolic OH excluding ortho intramolecular Hbond substituents is 2. The number of carbonyl (C=O) groups is 1. The molecular formula is C15H15FN2O5S. The third-order valence-electron chi connectivity index (χ3n) is 3.25. The predicted octanol–water partition coefficient (Wildman–Crippen LogP) is 1.07. The second kappa shape index (κ2) is 6.85. The van der Waals surface area contributed by atoms with Crippen LogP contribution in [0.15, 0.2) is 41.3 Å². The van der Waals surface area contributed by atoms with E-state index in [2.05, 4.69) is 5.32 Å². The standard InChI is InChI=1S/C15H15FN2O5S/c1-17-24(22,23)11-6-12(14(20)13(19)7-11)15(21)18-8-9-2-4-10(16)5-3-9/h2-7,17,19-20H,8H2,1H3,(H,18,21). The summed E-state index contributed by atoms with van der Waals surface area (Å²) < 4.78 is 38.4. The first-order valence-corrected chi connectivity index (χ1v) is 8.25. The third kappa shape index (κ3) is 3.81. The lowest BCUT2D eigenvalue weighted by atomic mass is 10.1. The first-order chi connectivity index (χ1) is 11.2. The average Bonchev–Trinajstić information content (AvgIpc) is 2.56. The van der Waals surface area contributed by atoms with Crippen molar-refractivity contribution in [1.29, 1.82) is 0 Å². The number of rotatable bonds is 5. The molecule has 0 bridgehead atoms. The quantitative estimate of drug-likeness (QED) is 0.600. The van der Waals surface area contributed by atoms with E-state index < -0.39 is 38.8 Å². The maximum absolute atomic E-state index is 12.8. The van der Waals surface area contributed by atoms with E-state index in [1.165, 1.54) is 31.3 Å². The number of hydrogen-bond acceptors (Lipinski definition) is 5. The molecule has 0 spiro atoms. The minimum Gasteiger partial charge on any atom is -0.504 e. The van der Waals surface area contributed by atoms with Crippen molar-refractivity contribution >= 4 is 15.9 Å². The molecule has 0 radical (unpaired) electrons. The van der Waals surface area contributed by atoms with Gasteiger partial charge in [-0.15, -0.1) is 0 Å². The largest absolute Gasteiger partial charge is 0.504 e. The molecule has 128 valence electrons. The fraction of sp³-hybridized carbons (Fsp3) is 0.133. The summed E-state index contributed by atoms with van der Waals surface area (Å²) in [6.45, 7) is 0.0301. The number of benzene rings is 2. The van der Waals surface area contributed by atoms with E-state index in [1.54, 1.807) is 0 Å². The molecule has 4 N–H and O–H groups in total. The van der Waals surface area contributed by atoms with Crippen LogP contribution in [0.4, 0.5) is 4.39 Å². The number of carbonyl (C=O) groups excluding carboxylic acids is 1. The van der Waals surface area contributed by atoms with Crippen LogP contribution >= 0.6 is 0 Å². The Balaban J connectivity index is 2.26. The highest BCUT2D eigenvalue weighted by atomic mass is 32.2. The monoisotopic (exact) mass is 354 g/mol. The van der Waals surface area contributed by atoms with Crippen molar-refractivity contribution in [2.24, 2.45) is 0 Å². The van der Waals surface area contributed by atoms with Crippen molar-refractivity contribution in [2.45, 2.75) is 11.4 Å². The van der Waals surface area contributed by atoms with Gasteiger partial charge in [-0.25, -0.2) is 17.5 Å². The van der Waals surface area contributed by atoms with Gasteiger partial charge >= 0.3 is 0 Å². The van der Waals surface area contributed by atoms with E-state index in [4.69, 9.17) is 0 Å². The van der Waals surface area contributed by atoms with E-state index in [9.17, 15) is 27.8 Å². The molecule has 0 aromatic heterocycles. The summed E-state index contributed by atoms with van der Waals surface area (Å²) in [6, 6.07) is 7.16. The Hall–Kier alpha value is -2.65. The van der Waals surface area contributed by atoms with Gasteiger partial charge in [0.15, 0.2) is 11.5 Å². The van der Waals surface area contributed by atoms with Crippen molar-refractivity contribution in [3.05, 3.63) is 53.3 Å². The van der Waals surface area contributed by atoms with Crippen LogP contribution in [0.2, 0.25) is 0 Å². The molecule has 24 heavy (non-hydrogen) atoms. The van der Waals surface area contributed by atoms with Crippen molar-refractivity contribution in [1.82, 2.24) is 10.0 Å². The third-order valence-corrected chi connectivity index (χ3v) is 4.65. The minimum absolute atomic E-state index is 0.0301. The molecule has 0 atom stereocenters. The predicted molar refractivity (Wildman–Crippen MR) is 83.6 cm³/mol. The molecule has 0 saturated carbocycles. The molecule has 0 aliphatic carbocycles. The van der Waals surface area contributed by atoms with Gasteiger partial charge in [-0.1, -0.05) is 12.1 Å². The van der Waals surface area contributed by atoms with E-state index in [1.807, 2.05) is 4.72 Å². The number of sulfonamides is 1. The fourth-order valence-corrected chi connectivity index (χ4v) is 2.69. The molecule has 0 aliphatic rings. The Bertz CT molecular complexity index is 866. The highest BCUT2D eigenvalue weighted by Gasteiger charge is 2.21. The van der Waals surface area contributed by atoms with Crippen molar-refractivity contribution in [3.8, 4) is 11.5 Å². The summed E-state index contributed by atoms with van der Waals surface area (Å²) in [4.78, 5) is 11.8. The Morgan fingerprint density at radius 2 is 1.79 bits per heavy atom. The molecule has 1 amide bonds. The van der Waals surface area contributed by atoms with Crippen molar-refractivity contribution in [3.63, 3.8) is 0 Å². The van der Waals surface area contributed by atoms with Crippen molar-refractivity contribution in [2.75, 3.05) is 7.05 Å². The summed E-state index contributed by atoms with van der Waals surface area (Å²) >= 11 is 0. The number of halogens is 1. The molecule has 0 heterocycles. The van der Waals surface area contributed by atoms with Gasteiger partial charge in [0, 0.05) is 12.6 Å². The molecule has 0 fully saturated rings. The second-order valence-corrected chi connectivity index (χ2v) is 6.74. The number of phenols is 2. The van der Waals surface area contributed by atoms with Crippen LogP contribution in [0.25, 0.3) is 0 Å². The van der Waals surface area contributed by atoms with E-state index in [0.717, 1.165) is 12.1 Å². The number of hydrogen-bond donors (Lipinski definition) is 4. The fourth-order valence-electron chi connectivity index (χ4n) is 1.92. The van der Waals surface area contributed by atoms with Gasteiger partial charge in [0.05, 0.1) is 10.5 Å². The highest BCUT2D eigenvalue weighted by molar-refractivity contribution is 7.89. The number of nitrogens with one attached hydrogen (secondary N) is 2. The molecule has 9 heteroatoms. The minimum atomic E-state index is -3.91. The lowest BCUT2D eigenvalue weighted by Gasteiger charge is -2.11. The molecule has 2 rings (SSSR count). The van der Waals surface area contributed by atoms with Crippen LogP contribution in [0.5, 0.6) is 11.5 Å². The van der Waals surface area contributed by atoms with Gasteiger partial charge in [0.2, 0.25) is 10.0 Å². The van der Waals surface area contributed by atoms with Crippen LogP contribution in [0, 0.1) is 5.82 Å². The lowest BCUT2D eigenvalue weighted by Crippen LogP contribution is -2.24. The summed E-state index contributed by atoms with van der Waals surface area (Å²) in [5.41, 5.74) is 0.207. The average molecular weight is 354 g/mol. The smallest absolute Gasteiger partial charge is 0.255 e. The first kappa shape index (κ1) is 17.7. The topological polar surface area (TPSA) is 116 Å². The maximum atomic E-state index is 12.8. The first-order valence-electron chi connectivity index (χ1n) is 6.77. The van der Waals surface area contributed by atoms with Gasteiger partial charge < -0.3 is 15.5 Å². The van der Waals surface area contributed by atoms with E-state index in [0.29, 0.717) is 5.56 Å². The Morgan fingerprint density at radius 3 is 2.38 bits per heavy atom. The second-order valence-electron chi connectivity index (χ2n) is 4.86. The van der Waals surface area contributed by atoms with E-state index in [-0.39, 0.29) is 11.4 Å². The molecule has 0 unspecified atom stereocenters. The Morgan fingerprint density at radius 1 is 1.17 bits per heavy atom. The van der Waals surface area contributed by atoms with Crippen LogP contribution in [0.1, 0.15) is 15.9 Å². The molecule has 2 aromatic rings. The van der Waals surface area contributed by atoms with Crippen LogP contribution in [0.3, 0.4) is 0 Å². The Labute approximate surface area is 137 Å². The number of amides is 1. The molecular weight excluding hydrogens is 339 g/mol. The Kier molecular flexibility index (Phi) is 5.05. The van der Waals surface area contributed by atoms with Crippen LogP contribution < -0.4 is 10.0 Å². The van der Waals surface area contributed by atoms with Gasteiger partial charge in [0.25, 0.3) is 5.91 Å². The molecule has 0 aliphatic heterocycles. The van der Waals surface area contributed by atoms with Gasteiger partial charge in [-0.2, -0.15) is 0 Å². The molecule has 2 aromatic carbocycles. The number of aromatic hydroxyl groups is 2. The summed E-state index contributed by atoms with van der Waals surface area (Å²) in [5, 5.41) is 21.9. The maximum Gasteiger partial charge on any atom is 0.255 e. The SMILES string of the molecule is CNS(=O)(=O)c1cc(O)c(O)c(C(=O)NCc2ccc(F)cc2)c1. The van der Waals surface area contributed by atoms with Gasteiger partial charge in [-0.3, -0.25) is 4.79 Å². The van der Waals surface area contributed by atoms with Crippen LogP contribution in [-0.2, 0) is 16.6 Å². The lowest BCUT2D eigenvalue weighted by molar-refractivity contribution is 0.0947. The molecule has 7 nitrogen and oxygen atoms in total.